The van der Waals surface area contributed by atoms with Crippen molar-refractivity contribution in [2.24, 2.45) is 7.05 Å². The van der Waals surface area contributed by atoms with Crippen LogP contribution in [0, 0.1) is 0 Å². The maximum atomic E-state index is 12.4. The van der Waals surface area contributed by atoms with Gasteiger partial charge in [-0.15, -0.1) is 0 Å². The van der Waals surface area contributed by atoms with Gasteiger partial charge in [-0.3, -0.25) is 14.4 Å². The van der Waals surface area contributed by atoms with Crippen LogP contribution in [0.1, 0.15) is 12.0 Å². The van der Waals surface area contributed by atoms with Crippen molar-refractivity contribution in [3.05, 3.63) is 81.0 Å². The third-order valence-corrected chi connectivity index (χ3v) is 5.22. The number of nitrogens with one attached hydrogen (secondary N) is 2. The number of rotatable bonds is 6. The smallest absolute Gasteiger partial charge is 0.316 e. The van der Waals surface area contributed by atoms with E-state index in [1.165, 1.54) is 9.13 Å². The van der Waals surface area contributed by atoms with Gasteiger partial charge in [-0.05, 0) is 30.2 Å². The maximum Gasteiger partial charge on any atom is 0.316 e. The van der Waals surface area contributed by atoms with Crippen LogP contribution in [0.3, 0.4) is 0 Å². The van der Waals surface area contributed by atoms with E-state index in [2.05, 4.69) is 16.4 Å². The number of H-pyrrole nitrogens is 1. The summed E-state index contributed by atoms with van der Waals surface area (Å²) >= 11 is 0. The van der Waals surface area contributed by atoms with Gasteiger partial charge in [0.05, 0.1) is 11.0 Å². The molecule has 0 bridgehead atoms. The van der Waals surface area contributed by atoms with E-state index < -0.39 is 11.1 Å². The van der Waals surface area contributed by atoms with E-state index in [1.807, 2.05) is 36.5 Å². The van der Waals surface area contributed by atoms with Gasteiger partial charge in [-0.2, -0.15) is 0 Å². The number of aryl methyl sites for hydroxylation is 2. The van der Waals surface area contributed by atoms with E-state index in [0.29, 0.717) is 24.0 Å². The second kappa shape index (κ2) is 7.79. The van der Waals surface area contributed by atoms with Crippen LogP contribution < -0.4 is 16.4 Å². The average Bonchev–Trinajstić information content (AvgIpc) is 3.15. The fraction of sp³-hybridized carbons (Fsp3) is 0.227. The normalized spacial score (nSPS) is 11.2. The van der Waals surface area contributed by atoms with Gasteiger partial charge in [0.15, 0.2) is 0 Å². The third kappa shape index (κ3) is 3.59. The Balaban J connectivity index is 1.41. The number of aromatic nitrogens is 3. The van der Waals surface area contributed by atoms with Gasteiger partial charge in [0.1, 0.15) is 0 Å². The van der Waals surface area contributed by atoms with Gasteiger partial charge in [0.25, 0.3) is 0 Å². The number of fused-ring (bicyclic) bond motifs is 2. The Morgan fingerprint density at radius 3 is 2.55 bits per heavy atom. The molecule has 1 amide bonds. The van der Waals surface area contributed by atoms with Gasteiger partial charge in [0, 0.05) is 43.7 Å². The molecule has 0 radical (unpaired) electrons. The first-order chi connectivity index (χ1) is 14.1. The van der Waals surface area contributed by atoms with Crippen LogP contribution >= 0.6 is 0 Å². The van der Waals surface area contributed by atoms with E-state index in [1.54, 1.807) is 19.2 Å². The monoisotopic (exact) mass is 390 g/mol. The lowest BCUT2D eigenvalue weighted by Gasteiger charge is -2.12. The lowest BCUT2D eigenvalue weighted by Crippen LogP contribution is -2.41. The van der Waals surface area contributed by atoms with Crippen LogP contribution in [-0.4, -0.2) is 26.6 Å². The molecule has 0 saturated heterocycles. The number of carbonyl (C=O) groups excluding carboxylic acids is 1. The fourth-order valence-corrected chi connectivity index (χ4v) is 3.65. The molecule has 0 aliphatic rings. The quantitative estimate of drug-likeness (QED) is 0.493. The summed E-state index contributed by atoms with van der Waals surface area (Å²) in [7, 11) is 1.58. The molecule has 0 unspecified atom stereocenters. The summed E-state index contributed by atoms with van der Waals surface area (Å²) in [6, 6.07) is 15.2. The van der Waals surface area contributed by atoms with E-state index >= 15 is 0 Å². The zero-order valence-corrected chi connectivity index (χ0v) is 16.1. The largest absolute Gasteiger partial charge is 0.361 e. The molecule has 7 heteroatoms. The van der Waals surface area contributed by atoms with Gasteiger partial charge in [-0.25, -0.2) is 0 Å². The molecule has 4 aromatic rings. The van der Waals surface area contributed by atoms with Crippen LogP contribution in [0.2, 0.25) is 0 Å². The summed E-state index contributed by atoms with van der Waals surface area (Å²) in [5.74, 6) is -0.151. The third-order valence-electron chi connectivity index (χ3n) is 5.22. The topological polar surface area (TPSA) is 88.9 Å². The molecule has 4 rings (SSSR count). The number of para-hydroxylation sites is 3. The molecule has 2 aromatic carbocycles. The van der Waals surface area contributed by atoms with Crippen LogP contribution in [0.5, 0.6) is 0 Å². The molecular weight excluding hydrogens is 368 g/mol. The number of amides is 1. The number of benzene rings is 2. The maximum absolute atomic E-state index is 12.4. The summed E-state index contributed by atoms with van der Waals surface area (Å²) < 4.78 is 2.73. The number of hydrogen-bond donors (Lipinski definition) is 2. The molecule has 29 heavy (non-hydrogen) atoms. The number of hydrogen-bond acceptors (Lipinski definition) is 3. The van der Waals surface area contributed by atoms with Crippen molar-refractivity contribution in [3.63, 3.8) is 0 Å². The second-order valence-corrected chi connectivity index (χ2v) is 7.02. The predicted molar refractivity (Wildman–Crippen MR) is 113 cm³/mol. The lowest BCUT2D eigenvalue weighted by atomic mass is 10.1. The summed E-state index contributed by atoms with van der Waals surface area (Å²) in [6.07, 6.45) is 2.80. The van der Waals surface area contributed by atoms with Crippen molar-refractivity contribution < 1.29 is 4.79 Å². The first-order valence-corrected chi connectivity index (χ1v) is 9.56. The minimum atomic E-state index is -0.613. The minimum absolute atomic E-state index is 0.130. The Morgan fingerprint density at radius 2 is 1.72 bits per heavy atom. The first-order valence-electron chi connectivity index (χ1n) is 9.56. The highest BCUT2D eigenvalue weighted by Gasteiger charge is 2.12. The number of nitrogens with zero attached hydrogens (tertiary/aromatic N) is 2. The van der Waals surface area contributed by atoms with Crippen molar-refractivity contribution in [3.8, 4) is 0 Å². The zero-order chi connectivity index (χ0) is 20.4. The average molecular weight is 390 g/mol. The summed E-state index contributed by atoms with van der Waals surface area (Å²) in [6.45, 7) is 0.668. The van der Waals surface area contributed by atoms with E-state index in [0.717, 1.165) is 16.5 Å². The lowest BCUT2D eigenvalue weighted by molar-refractivity contribution is -0.121. The number of carbonyl (C=O) groups is 1. The van der Waals surface area contributed by atoms with Crippen LogP contribution in [0.15, 0.2) is 64.3 Å². The molecule has 0 aliphatic carbocycles. The SMILES string of the molecule is Cn1c(=O)c(=O)n(CCC(=O)NCCc2c[nH]c3ccccc23)c2ccccc21. The Bertz CT molecular complexity index is 1310. The fourth-order valence-electron chi connectivity index (χ4n) is 3.65. The molecule has 0 atom stereocenters. The van der Waals surface area contributed by atoms with Crippen LogP contribution in [0.4, 0.5) is 0 Å². The van der Waals surface area contributed by atoms with Crippen LogP contribution in [-0.2, 0) is 24.8 Å². The highest BCUT2D eigenvalue weighted by atomic mass is 16.2. The van der Waals surface area contributed by atoms with E-state index in [-0.39, 0.29) is 18.9 Å². The minimum Gasteiger partial charge on any atom is -0.361 e. The Hall–Kier alpha value is -3.61. The highest BCUT2D eigenvalue weighted by molar-refractivity contribution is 5.83. The molecule has 2 heterocycles. The molecule has 7 nitrogen and oxygen atoms in total. The van der Waals surface area contributed by atoms with Crippen molar-refractivity contribution in [1.82, 2.24) is 19.4 Å². The highest BCUT2D eigenvalue weighted by Crippen LogP contribution is 2.17. The molecule has 0 saturated carbocycles. The second-order valence-electron chi connectivity index (χ2n) is 7.02. The Morgan fingerprint density at radius 1 is 1.00 bits per heavy atom. The molecule has 0 fully saturated rings. The molecular formula is C22H22N4O3. The standard InChI is InChI=1S/C22H22N4O3/c1-25-18-8-4-5-9-19(18)26(22(29)21(25)28)13-11-20(27)23-12-10-15-14-24-17-7-3-2-6-16(15)17/h2-9,14,24H,10-13H2,1H3,(H,23,27). The molecule has 2 N–H and O–H groups in total. The molecule has 0 spiro atoms. The molecule has 148 valence electrons. The summed E-state index contributed by atoms with van der Waals surface area (Å²) in [5, 5.41) is 4.05. The molecule has 2 aromatic heterocycles. The summed E-state index contributed by atoms with van der Waals surface area (Å²) in [5.41, 5.74) is 2.32. The number of aromatic amines is 1. The first kappa shape index (κ1) is 18.7. The van der Waals surface area contributed by atoms with Crippen LogP contribution in [0.25, 0.3) is 21.9 Å². The Kier molecular flexibility index (Phi) is 5.03. The molecule has 0 aliphatic heterocycles. The summed E-state index contributed by atoms with van der Waals surface area (Å²) in [4.78, 5) is 40.1. The van der Waals surface area contributed by atoms with Crippen molar-refractivity contribution in [1.29, 1.82) is 0 Å². The van der Waals surface area contributed by atoms with Gasteiger partial charge < -0.3 is 19.4 Å². The van der Waals surface area contributed by atoms with E-state index in [4.69, 9.17) is 0 Å². The zero-order valence-electron chi connectivity index (χ0n) is 16.1. The predicted octanol–water partition coefficient (Wildman–Crippen LogP) is 1.93. The van der Waals surface area contributed by atoms with Crippen molar-refractivity contribution in [2.75, 3.05) is 6.54 Å². The van der Waals surface area contributed by atoms with E-state index in [9.17, 15) is 14.4 Å². The van der Waals surface area contributed by atoms with Gasteiger partial charge in [0.2, 0.25) is 5.91 Å². The van der Waals surface area contributed by atoms with Gasteiger partial charge in [-0.1, -0.05) is 30.3 Å². The van der Waals surface area contributed by atoms with Crippen molar-refractivity contribution in [2.45, 2.75) is 19.4 Å². The van der Waals surface area contributed by atoms with Gasteiger partial charge >= 0.3 is 11.1 Å². The Labute approximate surface area is 166 Å². The van der Waals surface area contributed by atoms with Crippen molar-refractivity contribution >= 4 is 27.8 Å².